The van der Waals surface area contributed by atoms with Gasteiger partial charge in [0, 0.05) is 11.7 Å². The first-order chi connectivity index (χ1) is 11.7. The van der Waals surface area contributed by atoms with Crippen LogP contribution in [0.2, 0.25) is 0 Å². The summed E-state index contributed by atoms with van der Waals surface area (Å²) in [5.74, 6) is -0.345. The maximum absolute atomic E-state index is 13.2. The zero-order valence-corrected chi connectivity index (χ0v) is 13.5. The minimum Gasteiger partial charge on any atom is -0.370 e. The van der Waals surface area contributed by atoms with Gasteiger partial charge in [0.2, 0.25) is 5.91 Å². The van der Waals surface area contributed by atoms with E-state index in [1.165, 1.54) is 29.7 Å². The summed E-state index contributed by atoms with van der Waals surface area (Å²) >= 11 is 0. The van der Waals surface area contributed by atoms with E-state index in [4.69, 9.17) is 0 Å². The van der Waals surface area contributed by atoms with E-state index in [2.05, 4.69) is 22.8 Å². The molecule has 24 heavy (non-hydrogen) atoms. The number of aryl methyl sites for hydroxylation is 2. The third kappa shape index (κ3) is 3.28. The second-order valence-electron chi connectivity index (χ2n) is 6.75. The summed E-state index contributed by atoms with van der Waals surface area (Å²) in [6.07, 6.45) is 5.52. The SMILES string of the molecule is O=C(NC1CC1)[C@H](Nc1ccc2c(c1)CCC2)c1ccc(F)cc1. The Labute approximate surface area is 141 Å². The van der Waals surface area contributed by atoms with Crippen molar-refractivity contribution in [2.75, 3.05) is 5.32 Å². The number of nitrogens with one attached hydrogen (secondary N) is 2. The fourth-order valence-corrected chi connectivity index (χ4v) is 3.30. The molecule has 4 rings (SSSR count). The molecule has 4 heteroatoms. The fourth-order valence-electron chi connectivity index (χ4n) is 3.30. The zero-order valence-electron chi connectivity index (χ0n) is 13.5. The van der Waals surface area contributed by atoms with Gasteiger partial charge in [-0.3, -0.25) is 4.79 Å². The molecule has 3 nitrogen and oxygen atoms in total. The second-order valence-corrected chi connectivity index (χ2v) is 6.75. The first kappa shape index (κ1) is 15.2. The van der Waals surface area contributed by atoms with Gasteiger partial charge < -0.3 is 10.6 Å². The number of hydrogen-bond donors (Lipinski definition) is 2. The van der Waals surface area contributed by atoms with Crippen LogP contribution in [0.5, 0.6) is 0 Å². The zero-order chi connectivity index (χ0) is 16.5. The van der Waals surface area contributed by atoms with Crippen LogP contribution >= 0.6 is 0 Å². The van der Waals surface area contributed by atoms with Crippen LogP contribution < -0.4 is 10.6 Å². The van der Waals surface area contributed by atoms with E-state index in [-0.39, 0.29) is 11.7 Å². The number of benzene rings is 2. The minimum atomic E-state index is -0.509. The van der Waals surface area contributed by atoms with Gasteiger partial charge in [-0.25, -0.2) is 4.39 Å². The highest BCUT2D eigenvalue weighted by atomic mass is 19.1. The standard InChI is InChI=1S/C20H21FN2O/c21-16-7-4-14(5-8-16)19(20(24)23-17-10-11-17)22-18-9-6-13-2-1-3-15(13)12-18/h4-9,12,17,19,22H,1-3,10-11H2,(H,23,24)/t19-/m1/s1. The Bertz CT molecular complexity index is 753. The van der Waals surface area contributed by atoms with Crippen LogP contribution in [0, 0.1) is 5.82 Å². The molecule has 2 aliphatic rings. The molecule has 2 aromatic carbocycles. The topological polar surface area (TPSA) is 41.1 Å². The van der Waals surface area contributed by atoms with Crippen LogP contribution in [0.3, 0.4) is 0 Å². The van der Waals surface area contributed by atoms with Crippen LogP contribution in [0.15, 0.2) is 42.5 Å². The van der Waals surface area contributed by atoms with Gasteiger partial charge in [0.1, 0.15) is 11.9 Å². The number of carbonyl (C=O) groups is 1. The average Bonchev–Trinajstić information content (AvgIpc) is 3.27. The molecule has 0 unspecified atom stereocenters. The van der Waals surface area contributed by atoms with Crippen molar-refractivity contribution in [3.05, 3.63) is 65.0 Å². The molecule has 0 heterocycles. The van der Waals surface area contributed by atoms with E-state index in [1.54, 1.807) is 12.1 Å². The van der Waals surface area contributed by atoms with Gasteiger partial charge >= 0.3 is 0 Å². The Morgan fingerprint density at radius 1 is 1.04 bits per heavy atom. The predicted octanol–water partition coefficient (Wildman–Crippen LogP) is 3.75. The largest absolute Gasteiger partial charge is 0.370 e. The van der Waals surface area contributed by atoms with Gasteiger partial charge in [-0.2, -0.15) is 0 Å². The van der Waals surface area contributed by atoms with Gasteiger partial charge in [0.25, 0.3) is 0 Å². The molecule has 1 atom stereocenters. The molecule has 2 aromatic rings. The highest BCUT2D eigenvalue weighted by Crippen LogP contribution is 2.28. The number of anilines is 1. The smallest absolute Gasteiger partial charge is 0.247 e. The monoisotopic (exact) mass is 324 g/mol. The van der Waals surface area contributed by atoms with E-state index >= 15 is 0 Å². The summed E-state index contributed by atoms with van der Waals surface area (Å²) < 4.78 is 13.2. The molecule has 1 saturated carbocycles. The van der Waals surface area contributed by atoms with Gasteiger partial charge in [-0.1, -0.05) is 18.2 Å². The van der Waals surface area contributed by atoms with Crippen molar-refractivity contribution in [3.8, 4) is 0 Å². The van der Waals surface area contributed by atoms with Crippen LogP contribution in [0.1, 0.15) is 42.0 Å². The van der Waals surface area contributed by atoms with Gasteiger partial charge in [0.05, 0.1) is 0 Å². The van der Waals surface area contributed by atoms with Gasteiger partial charge in [-0.05, 0) is 73.1 Å². The number of hydrogen-bond acceptors (Lipinski definition) is 2. The Balaban J connectivity index is 1.59. The molecule has 0 bridgehead atoms. The molecule has 124 valence electrons. The van der Waals surface area contributed by atoms with Crippen LogP contribution in [-0.4, -0.2) is 11.9 Å². The summed E-state index contributed by atoms with van der Waals surface area (Å²) in [6.45, 7) is 0. The van der Waals surface area contributed by atoms with Gasteiger partial charge in [-0.15, -0.1) is 0 Å². The molecule has 2 aliphatic carbocycles. The third-order valence-electron chi connectivity index (χ3n) is 4.80. The minimum absolute atomic E-state index is 0.0513. The lowest BCUT2D eigenvalue weighted by atomic mass is 10.0. The Hall–Kier alpha value is -2.36. The number of amides is 1. The van der Waals surface area contributed by atoms with Crippen molar-refractivity contribution in [1.29, 1.82) is 0 Å². The molecule has 0 spiro atoms. The Kier molecular flexibility index (Phi) is 3.97. The maximum Gasteiger partial charge on any atom is 0.247 e. The number of rotatable bonds is 5. The van der Waals surface area contributed by atoms with Crippen molar-refractivity contribution in [2.24, 2.45) is 0 Å². The molecular weight excluding hydrogens is 303 g/mol. The lowest BCUT2D eigenvalue weighted by Gasteiger charge is -2.20. The molecular formula is C20H21FN2O. The normalized spacial score (nSPS) is 17.2. The molecule has 1 amide bonds. The molecule has 0 radical (unpaired) electrons. The van der Waals surface area contributed by atoms with Crippen molar-refractivity contribution < 1.29 is 9.18 Å². The van der Waals surface area contributed by atoms with Crippen molar-refractivity contribution in [1.82, 2.24) is 5.32 Å². The maximum atomic E-state index is 13.2. The third-order valence-corrected chi connectivity index (χ3v) is 4.80. The van der Waals surface area contributed by atoms with Crippen LogP contribution in [0.25, 0.3) is 0 Å². The summed E-state index contributed by atoms with van der Waals surface area (Å²) in [4.78, 5) is 12.6. The first-order valence-corrected chi connectivity index (χ1v) is 8.63. The fraction of sp³-hybridized carbons (Fsp3) is 0.350. The summed E-state index contributed by atoms with van der Waals surface area (Å²) in [7, 11) is 0. The van der Waals surface area contributed by atoms with E-state index < -0.39 is 6.04 Å². The lowest BCUT2D eigenvalue weighted by Crippen LogP contribution is -2.34. The Morgan fingerprint density at radius 3 is 2.54 bits per heavy atom. The first-order valence-electron chi connectivity index (χ1n) is 8.63. The van der Waals surface area contributed by atoms with E-state index in [0.717, 1.165) is 36.9 Å². The average molecular weight is 324 g/mol. The quantitative estimate of drug-likeness (QED) is 0.879. The molecule has 1 fully saturated rings. The molecule has 0 aliphatic heterocycles. The molecule has 0 aromatic heterocycles. The number of carbonyl (C=O) groups excluding carboxylic acids is 1. The predicted molar refractivity (Wildman–Crippen MR) is 92.4 cm³/mol. The van der Waals surface area contributed by atoms with Crippen molar-refractivity contribution in [2.45, 2.75) is 44.2 Å². The Morgan fingerprint density at radius 2 is 1.79 bits per heavy atom. The van der Waals surface area contributed by atoms with Crippen LogP contribution in [0.4, 0.5) is 10.1 Å². The van der Waals surface area contributed by atoms with Crippen molar-refractivity contribution >= 4 is 11.6 Å². The molecule has 0 saturated heterocycles. The summed E-state index contributed by atoms with van der Waals surface area (Å²) in [5, 5.41) is 6.39. The lowest BCUT2D eigenvalue weighted by molar-refractivity contribution is -0.122. The van der Waals surface area contributed by atoms with Crippen LogP contribution in [-0.2, 0) is 17.6 Å². The second kappa shape index (κ2) is 6.27. The van der Waals surface area contributed by atoms with E-state index in [1.807, 2.05) is 6.07 Å². The summed E-state index contributed by atoms with van der Waals surface area (Å²) in [6, 6.07) is 12.3. The number of fused-ring (bicyclic) bond motifs is 1. The van der Waals surface area contributed by atoms with E-state index in [0.29, 0.717) is 6.04 Å². The van der Waals surface area contributed by atoms with Gasteiger partial charge in [0.15, 0.2) is 0 Å². The highest BCUT2D eigenvalue weighted by molar-refractivity contribution is 5.86. The van der Waals surface area contributed by atoms with E-state index in [9.17, 15) is 9.18 Å². The van der Waals surface area contributed by atoms with Crippen molar-refractivity contribution in [3.63, 3.8) is 0 Å². The highest BCUT2D eigenvalue weighted by Gasteiger charge is 2.28. The molecule has 2 N–H and O–H groups in total. The number of halogens is 1. The summed E-state index contributed by atoms with van der Waals surface area (Å²) in [5.41, 5.74) is 4.48.